The van der Waals surface area contributed by atoms with Gasteiger partial charge in [-0.25, -0.2) is 0 Å². The van der Waals surface area contributed by atoms with Gasteiger partial charge in [-0.2, -0.15) is 31.6 Å². The Kier molecular flexibility index (Phi) is 14.9. The van der Waals surface area contributed by atoms with Crippen molar-refractivity contribution in [1.82, 2.24) is 0 Å². The summed E-state index contributed by atoms with van der Waals surface area (Å²) in [6.07, 6.45) is 4.80. The van der Waals surface area contributed by atoms with Gasteiger partial charge in [0.25, 0.3) is 0 Å². The van der Waals surface area contributed by atoms with Crippen molar-refractivity contribution in [3.8, 4) is 114 Å². The van der Waals surface area contributed by atoms with Crippen molar-refractivity contribution in [3.63, 3.8) is 0 Å². The van der Waals surface area contributed by atoms with Crippen LogP contribution < -0.4 is 19.1 Å². The number of hydrogen-bond donors (Lipinski definition) is 0. The third kappa shape index (κ3) is 10.5. The van der Waals surface area contributed by atoms with Crippen LogP contribution in [0, 0.1) is 68.0 Å². The molecule has 0 fully saturated rings. The van der Waals surface area contributed by atoms with Gasteiger partial charge in [0.2, 0.25) is 0 Å². The average molecular weight is 1060 g/mol. The van der Waals surface area contributed by atoms with Crippen LogP contribution in [0.15, 0.2) is 144 Å². The van der Waals surface area contributed by atoms with E-state index in [0.717, 1.165) is 92.3 Å². The monoisotopic (exact) mass is 1060 g/mol. The quantitative estimate of drug-likeness (QED) is 0.0899. The minimum atomic E-state index is 0.0552. The van der Waals surface area contributed by atoms with Gasteiger partial charge in [-0.05, 0) is 144 Å². The molecule has 0 aliphatic carbocycles. The van der Waals surface area contributed by atoms with Crippen molar-refractivity contribution in [2.45, 2.75) is 0 Å². The molecule has 0 atom stereocenters. The van der Waals surface area contributed by atoms with Crippen LogP contribution in [0.4, 0.5) is 17.1 Å². The first kappa shape index (κ1) is 49.2. The van der Waals surface area contributed by atoms with Crippen LogP contribution in [-0.4, -0.2) is 21.3 Å². The molecule has 0 aliphatic rings. The molecule has 10 nitrogen and oxygen atoms in total. The summed E-state index contributed by atoms with van der Waals surface area (Å²) in [5, 5.41) is 55.6. The lowest BCUT2D eigenvalue weighted by Gasteiger charge is -2.30. The van der Waals surface area contributed by atoms with Gasteiger partial charge >= 0.3 is 0 Å². The second-order valence-corrected chi connectivity index (χ2v) is 22.0. The second-order valence-electron chi connectivity index (χ2n) is 15.4. The molecule has 9 rings (SSSR count). The Labute approximate surface area is 445 Å². The highest BCUT2D eigenvalue weighted by atomic mass is 32.1. The molecule has 0 radical (unpaired) electrons. The topological polar surface area (TPSA) is 174 Å². The van der Waals surface area contributed by atoms with Gasteiger partial charge in [0.05, 0.1) is 38.4 Å². The molecular formula is C57H33N7O3S6. The molecule has 0 N–H and O–H groups in total. The number of allylic oxidation sites excluding steroid dienone is 3. The average Bonchev–Trinajstić information content (AvgIpc) is 4.30. The number of methoxy groups -OCH3 is 3. The molecule has 0 saturated carbocycles. The molecule has 6 heterocycles. The summed E-state index contributed by atoms with van der Waals surface area (Å²) in [6, 6.07) is 54.1. The third-order valence-electron chi connectivity index (χ3n) is 11.1. The number of nitriles is 6. The molecule has 0 bridgehead atoms. The molecule has 3 aromatic carbocycles. The van der Waals surface area contributed by atoms with Crippen molar-refractivity contribution in [2.75, 3.05) is 26.2 Å². The van der Waals surface area contributed by atoms with Crippen LogP contribution in [0.3, 0.4) is 0 Å². The van der Waals surface area contributed by atoms with E-state index in [0.29, 0.717) is 17.2 Å². The molecule has 0 spiro atoms. The molecule has 0 aliphatic heterocycles. The van der Waals surface area contributed by atoms with Crippen LogP contribution in [0.25, 0.3) is 78.8 Å². The highest BCUT2D eigenvalue weighted by Gasteiger charge is 2.26. The smallest absolute Gasteiger partial charge is 0.143 e. The molecule has 0 saturated heterocycles. The van der Waals surface area contributed by atoms with Crippen molar-refractivity contribution < 1.29 is 14.2 Å². The van der Waals surface area contributed by atoms with E-state index in [9.17, 15) is 31.6 Å². The number of thiophene rings is 6. The Morgan fingerprint density at radius 1 is 0.342 bits per heavy atom. The molecule has 73 heavy (non-hydrogen) atoms. The highest BCUT2D eigenvalue weighted by Crippen LogP contribution is 2.51. The standard InChI is InChI=1S/C57H33N7O3S6/c1-65-46-25-37(49-16-19-55(71-49)52-13-7-40(68-52)22-34(28-58)29-59)4-10-43(46)64(44-11-5-38(26-47(44)66-2)50-17-20-56(72-50)53-14-8-41(69-53)23-35(30-60)31-61)45-12-6-39(27-48(45)67-3)51-18-21-57(73-51)54-15-9-42(70-54)24-36(32-62)33-63/h4-27H,1-3H3. The highest BCUT2D eigenvalue weighted by molar-refractivity contribution is 7.25. The maximum absolute atomic E-state index is 9.27. The van der Waals surface area contributed by atoms with Crippen molar-refractivity contribution >= 4 is 103 Å². The number of rotatable bonds is 15. The van der Waals surface area contributed by atoms with Gasteiger partial charge in [0, 0.05) is 58.5 Å². The van der Waals surface area contributed by atoms with Crippen LogP contribution in [0.1, 0.15) is 14.6 Å². The zero-order chi connectivity index (χ0) is 51.0. The molecular weight excluding hydrogens is 1020 g/mol. The molecule has 350 valence electrons. The van der Waals surface area contributed by atoms with Crippen LogP contribution in [-0.2, 0) is 0 Å². The summed E-state index contributed by atoms with van der Waals surface area (Å²) in [7, 11) is 4.96. The number of anilines is 3. The van der Waals surface area contributed by atoms with Crippen LogP contribution in [0.2, 0.25) is 0 Å². The van der Waals surface area contributed by atoms with E-state index in [1.54, 1.807) is 73.6 Å². The zero-order valence-corrected chi connectivity index (χ0v) is 43.6. The van der Waals surface area contributed by atoms with E-state index in [1.165, 1.54) is 34.0 Å². The summed E-state index contributed by atoms with van der Waals surface area (Å²) in [6.45, 7) is 0. The van der Waals surface area contributed by atoms with E-state index < -0.39 is 0 Å². The summed E-state index contributed by atoms with van der Waals surface area (Å²) >= 11 is 9.45. The van der Waals surface area contributed by atoms with E-state index in [2.05, 4.69) is 59.5 Å². The van der Waals surface area contributed by atoms with Gasteiger partial charge in [-0.1, -0.05) is 18.2 Å². The maximum Gasteiger partial charge on any atom is 0.143 e. The predicted octanol–water partition coefficient (Wildman–Crippen LogP) is 16.8. The van der Waals surface area contributed by atoms with Gasteiger partial charge in [0.15, 0.2) is 0 Å². The lowest BCUT2D eigenvalue weighted by molar-refractivity contribution is 0.410. The fourth-order valence-electron chi connectivity index (χ4n) is 7.70. The minimum absolute atomic E-state index is 0.0552. The van der Waals surface area contributed by atoms with Crippen molar-refractivity contribution in [2.24, 2.45) is 0 Å². The first-order valence-corrected chi connectivity index (χ1v) is 26.6. The van der Waals surface area contributed by atoms with Gasteiger partial charge in [-0.3, -0.25) is 4.90 Å². The Hall–Kier alpha value is -8.78. The largest absolute Gasteiger partial charge is 0.495 e. The Bertz CT molecular complexity index is 3490. The minimum Gasteiger partial charge on any atom is -0.495 e. The fourth-order valence-corrected chi connectivity index (χ4v) is 13.8. The Morgan fingerprint density at radius 2 is 0.589 bits per heavy atom. The lowest BCUT2D eigenvalue weighted by atomic mass is 10.1. The number of benzene rings is 3. The first-order chi connectivity index (χ1) is 35.7. The van der Waals surface area contributed by atoms with Gasteiger partial charge < -0.3 is 14.2 Å². The number of nitrogens with zero attached hydrogens (tertiary/aromatic N) is 7. The summed E-state index contributed by atoms with van der Waals surface area (Å²) in [4.78, 5) is 13.9. The summed E-state index contributed by atoms with van der Waals surface area (Å²) in [5.74, 6) is 1.80. The van der Waals surface area contributed by atoms with Gasteiger partial charge in [-0.15, -0.1) is 68.0 Å². The predicted molar refractivity (Wildman–Crippen MR) is 298 cm³/mol. The van der Waals surface area contributed by atoms with Crippen LogP contribution in [0.5, 0.6) is 17.2 Å². The first-order valence-electron chi connectivity index (χ1n) is 21.7. The Morgan fingerprint density at radius 3 is 0.849 bits per heavy atom. The maximum atomic E-state index is 9.27. The third-order valence-corrected chi connectivity index (χ3v) is 18.2. The van der Waals surface area contributed by atoms with E-state index >= 15 is 0 Å². The normalized spacial score (nSPS) is 10.3. The SMILES string of the molecule is COc1cc(-c2ccc(-c3ccc(C=C(C#N)C#N)s3)s2)ccc1N(c1ccc(-c2ccc(-c3ccc(C=C(C#N)C#N)s3)s2)cc1OC)c1ccc(-c2ccc(-c3ccc(C=C(C#N)C#N)s3)s2)cc1OC. The molecule has 0 unspecified atom stereocenters. The fraction of sp³-hybridized carbons (Fsp3) is 0.0526. The van der Waals surface area contributed by atoms with Crippen molar-refractivity contribution in [1.29, 1.82) is 31.6 Å². The van der Waals surface area contributed by atoms with Crippen molar-refractivity contribution in [3.05, 3.63) is 159 Å². The van der Waals surface area contributed by atoms with E-state index in [1.807, 2.05) is 109 Å². The van der Waals surface area contributed by atoms with E-state index in [4.69, 9.17) is 14.2 Å². The summed E-state index contributed by atoms with van der Waals surface area (Å²) in [5.41, 5.74) is 5.21. The molecule has 9 aromatic rings. The van der Waals surface area contributed by atoms with Crippen LogP contribution >= 0.6 is 68.0 Å². The van der Waals surface area contributed by atoms with Gasteiger partial charge in [0.1, 0.15) is 70.4 Å². The lowest BCUT2D eigenvalue weighted by Crippen LogP contribution is -2.13. The Balaban J connectivity index is 1.10. The number of hydrogen-bond acceptors (Lipinski definition) is 16. The van der Waals surface area contributed by atoms with E-state index in [-0.39, 0.29) is 16.7 Å². The second kappa shape index (κ2) is 22.1. The zero-order valence-electron chi connectivity index (χ0n) is 38.7. The number of ether oxygens (including phenoxy) is 3. The summed E-state index contributed by atoms with van der Waals surface area (Å²) < 4.78 is 18.7. The molecule has 16 heteroatoms. The molecule has 6 aromatic heterocycles. The molecule has 0 amide bonds.